The Hall–Kier alpha value is -1.10. The van der Waals surface area contributed by atoms with Gasteiger partial charge in [0.05, 0.1) is 24.9 Å². The molecule has 282 valence electrons. The zero-order valence-electron chi connectivity index (χ0n) is 31.9. The average molecular weight is 700 g/mol. The highest BCUT2D eigenvalue weighted by atomic mass is 16.7. The molecule has 3 saturated heterocycles. The highest BCUT2D eigenvalue weighted by molar-refractivity contribution is 5.93. The van der Waals surface area contributed by atoms with Crippen molar-refractivity contribution in [3.05, 3.63) is 0 Å². The number of carbonyl (C=O) groups excluding carboxylic acids is 2. The predicted octanol–water partition coefficient (Wildman–Crippen LogP) is 5.93. The van der Waals surface area contributed by atoms with Crippen LogP contribution in [0.15, 0.2) is 0 Å². The molecule has 0 radical (unpaired) electrons. The Morgan fingerprint density at radius 3 is 2.44 bits per heavy atom. The first kappa shape index (κ1) is 35.9. The van der Waals surface area contributed by atoms with Crippen LogP contribution in [0.25, 0.3) is 0 Å². The lowest BCUT2D eigenvalue weighted by molar-refractivity contribution is -0.250. The van der Waals surface area contributed by atoms with Crippen LogP contribution in [0.1, 0.15) is 119 Å². The summed E-state index contributed by atoms with van der Waals surface area (Å²) in [5.74, 6) is 1.22. The van der Waals surface area contributed by atoms with Crippen LogP contribution >= 0.6 is 0 Å². The Bertz CT molecular complexity index is 1330. The number of fused-ring (bicyclic) bond motifs is 4. The lowest BCUT2D eigenvalue weighted by Gasteiger charge is -2.62. The maximum Gasteiger partial charge on any atom is 0.305 e. The number of nitrogens with zero attached hydrogens (tertiary/aromatic N) is 1. The van der Waals surface area contributed by atoms with Crippen molar-refractivity contribution in [1.82, 2.24) is 4.90 Å². The highest BCUT2D eigenvalue weighted by Gasteiger charge is 2.85. The first-order valence-corrected chi connectivity index (χ1v) is 20.4. The maximum absolute atomic E-state index is 15.0. The van der Waals surface area contributed by atoms with Gasteiger partial charge in [0.25, 0.3) is 0 Å². The molecule has 9 heteroatoms. The van der Waals surface area contributed by atoms with E-state index in [1.807, 2.05) is 0 Å². The number of hydrogen-bond donors (Lipinski definition) is 1. The number of esters is 1. The van der Waals surface area contributed by atoms with Crippen LogP contribution in [-0.4, -0.2) is 97.5 Å². The Balaban J connectivity index is 1.00. The van der Waals surface area contributed by atoms with Gasteiger partial charge in [-0.05, 0) is 111 Å². The van der Waals surface area contributed by atoms with Crippen molar-refractivity contribution in [1.29, 1.82) is 0 Å². The molecule has 0 aromatic heterocycles. The zero-order chi connectivity index (χ0) is 35.4. The molecule has 9 nitrogen and oxygen atoms in total. The Labute approximate surface area is 300 Å². The summed E-state index contributed by atoms with van der Waals surface area (Å²) in [5, 5.41) is 10.7. The summed E-state index contributed by atoms with van der Waals surface area (Å²) in [6.45, 7) is 19.6. The van der Waals surface area contributed by atoms with E-state index in [4.69, 9.17) is 23.7 Å². The third-order valence-corrected chi connectivity index (χ3v) is 17.0. The summed E-state index contributed by atoms with van der Waals surface area (Å²) < 4.78 is 31.4. The van der Waals surface area contributed by atoms with Crippen molar-refractivity contribution in [2.75, 3.05) is 32.9 Å². The predicted molar refractivity (Wildman–Crippen MR) is 187 cm³/mol. The first-order chi connectivity index (χ1) is 23.7. The van der Waals surface area contributed by atoms with Crippen molar-refractivity contribution in [2.24, 2.45) is 50.7 Å². The molecule has 0 aromatic rings. The highest BCUT2D eigenvalue weighted by Crippen LogP contribution is 2.89. The quantitative estimate of drug-likeness (QED) is 0.324. The van der Waals surface area contributed by atoms with Crippen LogP contribution in [0.2, 0.25) is 0 Å². The van der Waals surface area contributed by atoms with Crippen molar-refractivity contribution < 1.29 is 38.4 Å². The van der Waals surface area contributed by atoms with Crippen LogP contribution in [0.3, 0.4) is 0 Å². The van der Waals surface area contributed by atoms with Gasteiger partial charge in [-0.2, -0.15) is 0 Å². The first-order valence-electron chi connectivity index (χ1n) is 20.4. The van der Waals surface area contributed by atoms with Crippen molar-refractivity contribution in [3.63, 3.8) is 0 Å². The van der Waals surface area contributed by atoms with Gasteiger partial charge in [-0.15, -0.1) is 0 Å². The number of rotatable bonds is 7. The molecule has 0 bridgehead atoms. The minimum atomic E-state index is -0.868. The molecule has 3 heterocycles. The minimum absolute atomic E-state index is 0.0309. The van der Waals surface area contributed by atoms with Crippen molar-refractivity contribution in [3.8, 4) is 0 Å². The Kier molecular flexibility index (Phi) is 8.96. The smallest absolute Gasteiger partial charge is 0.305 e. The molecule has 8 fully saturated rings. The molecular formula is C41H65NO8. The van der Waals surface area contributed by atoms with Crippen LogP contribution in [0.4, 0.5) is 0 Å². The Morgan fingerprint density at radius 1 is 1.00 bits per heavy atom. The SMILES string of the molecule is CCC(=O)O[C@H](C(C)O)[C@H]1CC(C)C2[C@H](O1)C(=O)[C@@]1(C)[C@@H]3CC[C@H]4C(C)(C)[C@@H](O[C@H]5CN(C6CCOCC6)CCO5)CC[C@@]45C[C@@]35CC[C@]21C. The molecule has 0 aromatic carbocycles. The molecule has 5 saturated carbocycles. The van der Waals surface area contributed by atoms with E-state index in [0.717, 1.165) is 71.4 Å². The second kappa shape index (κ2) is 12.5. The molecule has 3 aliphatic heterocycles. The van der Waals surface area contributed by atoms with Gasteiger partial charge in [-0.25, -0.2) is 0 Å². The second-order valence-corrected chi connectivity index (χ2v) is 19.2. The van der Waals surface area contributed by atoms with E-state index in [2.05, 4.69) is 39.5 Å². The summed E-state index contributed by atoms with van der Waals surface area (Å²) in [7, 11) is 0. The average Bonchev–Trinajstić information content (AvgIpc) is 3.73. The van der Waals surface area contributed by atoms with Crippen molar-refractivity contribution in [2.45, 2.75) is 162 Å². The van der Waals surface area contributed by atoms with E-state index in [-0.39, 0.29) is 64.1 Å². The van der Waals surface area contributed by atoms with Gasteiger partial charge in [0.2, 0.25) is 0 Å². The fourth-order valence-electron chi connectivity index (χ4n) is 14.5. The lowest BCUT2D eigenvalue weighted by atomic mass is 9.41. The summed E-state index contributed by atoms with van der Waals surface area (Å²) in [5.41, 5.74) is -0.0857. The normalized spacial score (nSPS) is 49.8. The standard InChI is InChI=1S/C41H65NO8/c1-8-31(44)50-34(25(3)43)27-21-24(2)33-35(48-27)36(45)39(7)29-10-9-28-37(4,5)30(11-14-40(28)23-41(29,40)16-15-38(33,39)6)49-32-22-42(17-20-47-32)26-12-18-46-19-13-26/h24-30,32-35,43H,8-23H2,1-7H3/t24?,25?,27-,28+,29+,30+,32+,33?,34-,35+,38-,39-,40-,41+/m1/s1. The monoisotopic (exact) mass is 699 g/mol. The number of morpholine rings is 1. The molecule has 14 atom stereocenters. The number of aliphatic hydroxyl groups is 1. The van der Waals surface area contributed by atoms with E-state index in [9.17, 15) is 9.90 Å². The second-order valence-electron chi connectivity index (χ2n) is 19.2. The van der Waals surface area contributed by atoms with E-state index < -0.39 is 29.8 Å². The van der Waals surface area contributed by atoms with Crippen molar-refractivity contribution >= 4 is 11.8 Å². The number of ketones is 1. The molecule has 5 aliphatic carbocycles. The number of hydrogen-bond acceptors (Lipinski definition) is 9. The number of Topliss-reactive ketones (excluding diaryl/α,β-unsaturated/α-hetero) is 1. The molecule has 8 rings (SSSR count). The third-order valence-electron chi connectivity index (χ3n) is 17.0. The molecule has 50 heavy (non-hydrogen) atoms. The van der Waals surface area contributed by atoms with Gasteiger partial charge < -0.3 is 28.8 Å². The largest absolute Gasteiger partial charge is 0.457 e. The lowest BCUT2D eigenvalue weighted by Crippen LogP contribution is -2.60. The van der Waals surface area contributed by atoms with Gasteiger partial charge in [0, 0.05) is 50.1 Å². The van der Waals surface area contributed by atoms with Gasteiger partial charge in [0.15, 0.2) is 18.2 Å². The topological polar surface area (TPSA) is 104 Å². The molecule has 8 aliphatic rings. The van der Waals surface area contributed by atoms with Crippen LogP contribution < -0.4 is 0 Å². The molecular weight excluding hydrogens is 634 g/mol. The van der Waals surface area contributed by atoms with Gasteiger partial charge in [-0.3, -0.25) is 14.5 Å². The van der Waals surface area contributed by atoms with Crippen LogP contribution in [0, 0.1) is 50.7 Å². The summed E-state index contributed by atoms with van der Waals surface area (Å²) in [4.78, 5) is 29.9. The molecule has 2 spiro atoms. The molecule has 1 N–H and O–H groups in total. The van der Waals surface area contributed by atoms with E-state index in [1.54, 1.807) is 13.8 Å². The van der Waals surface area contributed by atoms with E-state index in [0.29, 0.717) is 24.3 Å². The zero-order valence-corrected chi connectivity index (χ0v) is 31.9. The number of aliphatic hydroxyl groups excluding tert-OH is 1. The summed E-state index contributed by atoms with van der Waals surface area (Å²) in [6, 6.07) is 0.570. The summed E-state index contributed by atoms with van der Waals surface area (Å²) >= 11 is 0. The van der Waals surface area contributed by atoms with Crippen LogP contribution in [-0.2, 0) is 33.3 Å². The molecule has 3 unspecified atom stereocenters. The molecule has 0 amide bonds. The number of carbonyl (C=O) groups is 2. The van der Waals surface area contributed by atoms with Gasteiger partial charge >= 0.3 is 5.97 Å². The van der Waals surface area contributed by atoms with E-state index >= 15 is 4.79 Å². The Morgan fingerprint density at radius 2 is 1.72 bits per heavy atom. The number of ether oxygens (including phenoxy) is 5. The van der Waals surface area contributed by atoms with E-state index in [1.165, 1.54) is 19.3 Å². The summed E-state index contributed by atoms with van der Waals surface area (Å²) in [6.07, 6.45) is 8.45. The maximum atomic E-state index is 15.0. The third kappa shape index (κ3) is 4.98. The van der Waals surface area contributed by atoms with Crippen LogP contribution in [0.5, 0.6) is 0 Å². The minimum Gasteiger partial charge on any atom is -0.457 e. The fourth-order valence-corrected chi connectivity index (χ4v) is 14.5. The van der Waals surface area contributed by atoms with Gasteiger partial charge in [-0.1, -0.05) is 41.5 Å². The van der Waals surface area contributed by atoms with Gasteiger partial charge in [0.1, 0.15) is 6.10 Å². The fraction of sp³-hybridized carbons (Fsp3) is 0.951.